The third-order valence-electron chi connectivity index (χ3n) is 2.79. The third-order valence-corrected chi connectivity index (χ3v) is 2.79. The molecule has 3 aromatic rings. The van der Waals surface area contributed by atoms with Gasteiger partial charge < -0.3 is 11.1 Å². The van der Waals surface area contributed by atoms with Gasteiger partial charge >= 0.3 is 0 Å². The molecule has 3 rings (SSSR count). The minimum Gasteiger partial charge on any atom is -0.399 e. The molecule has 2 aromatic carbocycles. The van der Waals surface area contributed by atoms with Gasteiger partial charge in [0.15, 0.2) is 0 Å². The van der Waals surface area contributed by atoms with Crippen LogP contribution in [0.2, 0.25) is 0 Å². The van der Waals surface area contributed by atoms with Crippen LogP contribution in [-0.4, -0.2) is 9.97 Å². The van der Waals surface area contributed by atoms with Crippen LogP contribution in [-0.2, 0) is 0 Å². The van der Waals surface area contributed by atoms with Crippen LogP contribution in [0.3, 0.4) is 0 Å². The van der Waals surface area contributed by atoms with Crippen molar-refractivity contribution < 1.29 is 4.39 Å². The molecule has 0 aliphatic rings. The van der Waals surface area contributed by atoms with Gasteiger partial charge in [-0.3, -0.25) is 0 Å². The molecule has 5 heteroatoms. The van der Waals surface area contributed by atoms with Gasteiger partial charge in [-0.15, -0.1) is 0 Å². The number of anilines is 3. The van der Waals surface area contributed by atoms with E-state index in [1.54, 1.807) is 36.4 Å². The maximum atomic E-state index is 13.6. The molecule has 0 aliphatic heterocycles. The second-order valence-corrected chi connectivity index (χ2v) is 4.10. The van der Waals surface area contributed by atoms with Crippen LogP contribution in [0.25, 0.3) is 10.9 Å². The van der Waals surface area contributed by atoms with E-state index in [0.29, 0.717) is 17.2 Å². The Kier molecular flexibility index (Phi) is 2.72. The molecule has 0 atom stereocenters. The first kappa shape index (κ1) is 11.4. The summed E-state index contributed by atoms with van der Waals surface area (Å²) in [6.07, 6.45) is 1.43. The highest BCUT2D eigenvalue weighted by Gasteiger charge is 2.06. The number of rotatable bonds is 2. The van der Waals surface area contributed by atoms with Crippen LogP contribution in [0.1, 0.15) is 0 Å². The monoisotopic (exact) mass is 253 g/mol. The Morgan fingerprint density at radius 3 is 2.74 bits per heavy atom. The minimum absolute atomic E-state index is 0.335. The Bertz CT molecular complexity index is 742. The molecule has 1 aromatic heterocycles. The molecule has 0 amide bonds. The number of nitrogens with one attached hydrogen (secondary N) is 1. The van der Waals surface area contributed by atoms with Crippen LogP contribution in [0.4, 0.5) is 21.6 Å². The van der Waals surface area contributed by atoms with E-state index in [1.807, 2.05) is 0 Å². The summed E-state index contributed by atoms with van der Waals surface area (Å²) in [5.41, 5.74) is 7.49. The number of nitrogen functional groups attached to an aromatic ring is 1. The van der Waals surface area contributed by atoms with Crippen molar-refractivity contribution in [1.82, 2.24) is 9.97 Å². The van der Waals surface area contributed by atoms with Crippen LogP contribution >= 0.6 is 0 Å². The first-order valence-corrected chi connectivity index (χ1v) is 5.76. The Morgan fingerprint density at radius 1 is 1.05 bits per heavy atom. The quantitative estimate of drug-likeness (QED) is 0.689. The smallest absolute Gasteiger partial charge is 0.146 e. The Labute approximate surface area is 109 Å². The van der Waals surface area contributed by atoms with Crippen LogP contribution in [0, 0.1) is 5.82 Å². The van der Waals surface area contributed by atoms with Gasteiger partial charge in [0.2, 0.25) is 0 Å². The fraction of sp³-hybridized carbons (Fsp3) is 0. The highest BCUT2D eigenvalue weighted by molar-refractivity contribution is 5.92. The fourth-order valence-electron chi connectivity index (χ4n) is 1.86. The third kappa shape index (κ3) is 2.18. The molecule has 0 bridgehead atoms. The van der Waals surface area contributed by atoms with E-state index in [0.717, 1.165) is 10.9 Å². The topological polar surface area (TPSA) is 63.8 Å². The van der Waals surface area contributed by atoms with Gasteiger partial charge in [0.05, 0.1) is 11.2 Å². The van der Waals surface area contributed by atoms with E-state index in [2.05, 4.69) is 15.3 Å². The van der Waals surface area contributed by atoms with E-state index in [1.165, 1.54) is 12.4 Å². The number of fused-ring (bicyclic) bond motifs is 1. The summed E-state index contributed by atoms with van der Waals surface area (Å²) in [5.74, 6) is 0.195. The Hall–Kier alpha value is -2.69. The Balaban J connectivity index is 2.10. The lowest BCUT2D eigenvalue weighted by atomic mass is 10.2. The van der Waals surface area contributed by atoms with Crippen molar-refractivity contribution in [2.75, 3.05) is 11.1 Å². The Morgan fingerprint density at radius 2 is 1.89 bits per heavy atom. The normalized spacial score (nSPS) is 10.6. The molecular weight excluding hydrogens is 242 g/mol. The van der Waals surface area contributed by atoms with Gasteiger partial charge in [0.1, 0.15) is 18.0 Å². The summed E-state index contributed by atoms with van der Waals surface area (Å²) in [6, 6.07) is 11.8. The van der Waals surface area contributed by atoms with Crippen LogP contribution in [0.15, 0.2) is 48.8 Å². The molecule has 19 heavy (non-hydrogen) atoms. The predicted molar refractivity (Wildman–Crippen MR) is 73.6 cm³/mol. The van der Waals surface area contributed by atoms with Gasteiger partial charge in [0, 0.05) is 11.1 Å². The van der Waals surface area contributed by atoms with Gasteiger partial charge in [-0.1, -0.05) is 12.1 Å². The number of hydrogen-bond donors (Lipinski definition) is 2. The molecule has 0 saturated carbocycles. The molecule has 0 saturated heterocycles. The first-order chi connectivity index (χ1) is 9.24. The number of para-hydroxylation sites is 1. The summed E-state index contributed by atoms with van der Waals surface area (Å²) in [6.45, 7) is 0. The summed E-state index contributed by atoms with van der Waals surface area (Å²) < 4.78 is 13.6. The molecular formula is C14H11FN4. The predicted octanol–water partition coefficient (Wildman–Crippen LogP) is 3.09. The average molecular weight is 253 g/mol. The SMILES string of the molecule is Nc1ccc2ncnc(Nc3ccccc3[18F])c2c1. The number of halogens is 1. The maximum Gasteiger partial charge on any atom is 0.146 e. The number of benzene rings is 2. The van der Waals surface area contributed by atoms with E-state index in [-0.39, 0.29) is 5.82 Å². The largest absolute Gasteiger partial charge is 0.399 e. The standard InChI is InChI=1S/C14H11FN4/c15-11-3-1-2-4-13(11)19-14-10-7-9(16)5-6-12(10)17-8-18-14/h1-8H,16H2,(H,17,18,19)/i15-1. The van der Waals surface area contributed by atoms with Crippen molar-refractivity contribution in [2.24, 2.45) is 0 Å². The summed E-state index contributed by atoms with van der Waals surface area (Å²) in [7, 11) is 0. The molecule has 0 spiro atoms. The summed E-state index contributed by atoms with van der Waals surface area (Å²) in [5, 5.41) is 3.72. The lowest BCUT2D eigenvalue weighted by Crippen LogP contribution is -1.98. The second-order valence-electron chi connectivity index (χ2n) is 4.10. The lowest BCUT2D eigenvalue weighted by molar-refractivity contribution is 0.632. The maximum absolute atomic E-state index is 13.6. The zero-order valence-electron chi connectivity index (χ0n) is 9.97. The molecule has 0 fully saturated rings. The van der Waals surface area contributed by atoms with E-state index in [9.17, 15) is 4.39 Å². The van der Waals surface area contributed by atoms with Crippen molar-refractivity contribution in [2.45, 2.75) is 0 Å². The van der Waals surface area contributed by atoms with Crippen molar-refractivity contribution >= 4 is 28.1 Å². The number of nitrogens with zero attached hydrogens (tertiary/aromatic N) is 2. The highest BCUT2D eigenvalue weighted by Crippen LogP contribution is 2.25. The molecule has 4 nitrogen and oxygen atoms in total. The number of hydrogen-bond acceptors (Lipinski definition) is 4. The zero-order valence-corrected chi connectivity index (χ0v) is 9.97. The van der Waals surface area contributed by atoms with Crippen molar-refractivity contribution in [1.29, 1.82) is 0 Å². The zero-order chi connectivity index (χ0) is 13.2. The molecule has 0 radical (unpaired) electrons. The molecule has 94 valence electrons. The van der Waals surface area contributed by atoms with E-state index >= 15 is 0 Å². The highest BCUT2D eigenvalue weighted by atomic mass is 18.2. The molecule has 0 unspecified atom stereocenters. The van der Waals surface area contributed by atoms with Crippen LogP contribution in [0.5, 0.6) is 0 Å². The number of nitrogens with two attached hydrogens (primary N) is 1. The number of aromatic nitrogens is 2. The van der Waals surface area contributed by atoms with Gasteiger partial charge in [-0.05, 0) is 30.3 Å². The molecule has 1 heterocycles. The van der Waals surface area contributed by atoms with Gasteiger partial charge in [-0.2, -0.15) is 0 Å². The van der Waals surface area contributed by atoms with Gasteiger partial charge in [0.25, 0.3) is 0 Å². The summed E-state index contributed by atoms with van der Waals surface area (Å²) >= 11 is 0. The van der Waals surface area contributed by atoms with Crippen molar-refractivity contribution in [3.63, 3.8) is 0 Å². The summed E-state index contributed by atoms with van der Waals surface area (Å²) in [4.78, 5) is 8.29. The van der Waals surface area contributed by atoms with Crippen molar-refractivity contribution in [3.8, 4) is 0 Å². The van der Waals surface area contributed by atoms with Crippen molar-refractivity contribution in [3.05, 3.63) is 54.6 Å². The first-order valence-electron chi connectivity index (χ1n) is 5.76. The van der Waals surface area contributed by atoms with E-state index in [4.69, 9.17) is 5.73 Å². The fourth-order valence-corrected chi connectivity index (χ4v) is 1.86. The second kappa shape index (κ2) is 4.53. The minimum atomic E-state index is -0.335. The molecule has 3 N–H and O–H groups in total. The van der Waals surface area contributed by atoms with E-state index < -0.39 is 0 Å². The lowest BCUT2D eigenvalue weighted by Gasteiger charge is -2.09. The van der Waals surface area contributed by atoms with Crippen LogP contribution < -0.4 is 11.1 Å². The average Bonchev–Trinajstić information content (AvgIpc) is 2.42. The molecule has 0 aliphatic carbocycles. The van der Waals surface area contributed by atoms with Gasteiger partial charge in [-0.25, -0.2) is 14.4 Å².